The summed E-state index contributed by atoms with van der Waals surface area (Å²) in [5.74, 6) is 1.28. The molecule has 0 atom stereocenters. The van der Waals surface area contributed by atoms with E-state index in [2.05, 4.69) is 37.5 Å². The minimum atomic E-state index is 0.585. The smallest absolute Gasteiger partial charge is 0.266 e. The van der Waals surface area contributed by atoms with Crippen LogP contribution >= 0.6 is 11.3 Å². The topological polar surface area (TPSA) is 45.4 Å². The fraction of sp³-hybridized carbons (Fsp3) is 0.294. The number of aromatic nitrogens is 2. The van der Waals surface area contributed by atoms with Crippen molar-refractivity contribution in [2.24, 2.45) is 0 Å². The van der Waals surface area contributed by atoms with E-state index < -0.39 is 0 Å². The number of thiophene rings is 1. The van der Waals surface area contributed by atoms with Gasteiger partial charge in [0.15, 0.2) is 0 Å². The predicted octanol–water partition coefficient (Wildman–Crippen LogP) is 3.12. The lowest BCUT2D eigenvalue weighted by molar-refractivity contribution is 0.250. The molecule has 4 rings (SSSR count). The summed E-state index contributed by atoms with van der Waals surface area (Å²) >= 11 is 1.82. The van der Waals surface area contributed by atoms with Crippen molar-refractivity contribution in [2.75, 3.05) is 31.1 Å². The minimum absolute atomic E-state index is 0.585. The third kappa shape index (κ3) is 3.28. The second-order valence-corrected chi connectivity index (χ2v) is 6.64. The van der Waals surface area contributed by atoms with E-state index in [1.165, 1.54) is 4.88 Å². The molecule has 0 bridgehead atoms. The summed E-state index contributed by atoms with van der Waals surface area (Å²) in [6, 6.07) is 14.2. The van der Waals surface area contributed by atoms with E-state index in [9.17, 15) is 0 Å². The molecule has 1 aliphatic rings. The van der Waals surface area contributed by atoms with Gasteiger partial charge in [-0.25, -0.2) is 0 Å². The Morgan fingerprint density at radius 1 is 1.00 bits per heavy atom. The van der Waals surface area contributed by atoms with Gasteiger partial charge >= 0.3 is 0 Å². The zero-order chi connectivity index (χ0) is 15.5. The quantitative estimate of drug-likeness (QED) is 0.737. The van der Waals surface area contributed by atoms with Gasteiger partial charge < -0.3 is 9.42 Å². The fourth-order valence-corrected chi connectivity index (χ4v) is 3.52. The number of nitrogens with zero attached hydrogens (tertiary/aromatic N) is 4. The molecule has 0 radical (unpaired) electrons. The Kier molecular flexibility index (Phi) is 4.08. The van der Waals surface area contributed by atoms with Crippen LogP contribution in [0.5, 0.6) is 0 Å². The van der Waals surface area contributed by atoms with Crippen LogP contribution in [0.25, 0.3) is 11.5 Å². The Morgan fingerprint density at radius 3 is 2.57 bits per heavy atom. The number of rotatable bonds is 4. The Bertz CT molecular complexity index is 733. The van der Waals surface area contributed by atoms with E-state index in [1.807, 2.05) is 41.7 Å². The average Bonchev–Trinajstić information content (AvgIpc) is 3.28. The average molecular weight is 326 g/mol. The van der Waals surface area contributed by atoms with Gasteiger partial charge in [-0.3, -0.25) is 4.90 Å². The highest BCUT2D eigenvalue weighted by molar-refractivity contribution is 7.09. The van der Waals surface area contributed by atoms with E-state index in [-0.39, 0.29) is 0 Å². The molecule has 1 aliphatic heterocycles. The molecule has 3 aromatic rings. The van der Waals surface area contributed by atoms with Gasteiger partial charge in [0, 0.05) is 43.2 Å². The first-order chi connectivity index (χ1) is 11.4. The maximum absolute atomic E-state index is 5.40. The van der Waals surface area contributed by atoms with Gasteiger partial charge in [0.25, 0.3) is 11.8 Å². The van der Waals surface area contributed by atoms with E-state index in [4.69, 9.17) is 4.52 Å². The van der Waals surface area contributed by atoms with Crippen LogP contribution in [0.1, 0.15) is 4.88 Å². The second kappa shape index (κ2) is 6.52. The van der Waals surface area contributed by atoms with Crippen LogP contribution in [0.2, 0.25) is 0 Å². The third-order valence-electron chi connectivity index (χ3n) is 4.05. The van der Waals surface area contributed by atoms with Crippen molar-refractivity contribution < 1.29 is 4.52 Å². The Balaban J connectivity index is 1.38. The van der Waals surface area contributed by atoms with E-state index in [0.717, 1.165) is 38.3 Å². The van der Waals surface area contributed by atoms with Crippen LogP contribution in [0.15, 0.2) is 52.4 Å². The van der Waals surface area contributed by atoms with Gasteiger partial charge in [0.1, 0.15) is 0 Å². The van der Waals surface area contributed by atoms with Crippen molar-refractivity contribution in [1.29, 1.82) is 0 Å². The molecule has 0 aliphatic carbocycles. The first kappa shape index (κ1) is 14.4. The molecule has 0 unspecified atom stereocenters. The van der Waals surface area contributed by atoms with Crippen molar-refractivity contribution >= 4 is 17.3 Å². The Morgan fingerprint density at radius 2 is 1.83 bits per heavy atom. The number of anilines is 1. The molecular weight excluding hydrogens is 308 g/mol. The standard InChI is InChI=1S/C17H18N4OS/c1-2-5-14(6-3-1)16-18-17(19-22-16)21-10-8-20(9-11-21)13-15-7-4-12-23-15/h1-7,12H,8-11,13H2. The lowest BCUT2D eigenvalue weighted by atomic mass is 10.2. The van der Waals surface area contributed by atoms with Crippen LogP contribution in [0.3, 0.4) is 0 Å². The van der Waals surface area contributed by atoms with Crippen LogP contribution in [-0.2, 0) is 6.54 Å². The van der Waals surface area contributed by atoms with E-state index in [0.29, 0.717) is 11.8 Å². The predicted molar refractivity (Wildman–Crippen MR) is 91.5 cm³/mol. The van der Waals surface area contributed by atoms with Gasteiger partial charge in [-0.05, 0) is 28.7 Å². The molecule has 1 fully saturated rings. The van der Waals surface area contributed by atoms with Crippen LogP contribution in [-0.4, -0.2) is 41.2 Å². The second-order valence-electron chi connectivity index (χ2n) is 5.61. The number of hydrogen-bond acceptors (Lipinski definition) is 6. The molecule has 1 aromatic carbocycles. The summed E-state index contributed by atoms with van der Waals surface area (Å²) in [5.41, 5.74) is 0.961. The van der Waals surface area contributed by atoms with Crippen molar-refractivity contribution in [1.82, 2.24) is 15.0 Å². The molecule has 0 N–H and O–H groups in total. The summed E-state index contributed by atoms with van der Waals surface area (Å²) in [7, 11) is 0. The summed E-state index contributed by atoms with van der Waals surface area (Å²) < 4.78 is 5.40. The third-order valence-corrected chi connectivity index (χ3v) is 4.91. The van der Waals surface area contributed by atoms with Gasteiger partial charge in [0.2, 0.25) is 0 Å². The normalized spacial score (nSPS) is 15.9. The van der Waals surface area contributed by atoms with Gasteiger partial charge in [-0.1, -0.05) is 24.3 Å². The largest absolute Gasteiger partial charge is 0.336 e. The maximum Gasteiger partial charge on any atom is 0.266 e. The molecule has 2 aromatic heterocycles. The molecule has 0 amide bonds. The molecule has 0 spiro atoms. The number of benzene rings is 1. The molecule has 6 heteroatoms. The highest BCUT2D eigenvalue weighted by atomic mass is 32.1. The highest BCUT2D eigenvalue weighted by Crippen LogP contribution is 2.21. The van der Waals surface area contributed by atoms with Crippen molar-refractivity contribution in [3.8, 4) is 11.5 Å². The monoisotopic (exact) mass is 326 g/mol. The van der Waals surface area contributed by atoms with Crippen molar-refractivity contribution in [3.05, 3.63) is 52.7 Å². The van der Waals surface area contributed by atoms with Crippen LogP contribution in [0, 0.1) is 0 Å². The highest BCUT2D eigenvalue weighted by Gasteiger charge is 2.21. The first-order valence-corrected chi connectivity index (χ1v) is 8.65. The molecule has 3 heterocycles. The van der Waals surface area contributed by atoms with Crippen LogP contribution < -0.4 is 4.90 Å². The van der Waals surface area contributed by atoms with E-state index >= 15 is 0 Å². The molecular formula is C17H18N4OS. The zero-order valence-corrected chi connectivity index (χ0v) is 13.6. The van der Waals surface area contributed by atoms with E-state index in [1.54, 1.807) is 0 Å². The van der Waals surface area contributed by atoms with Gasteiger partial charge in [-0.2, -0.15) is 4.98 Å². The molecule has 0 saturated carbocycles. The lowest BCUT2D eigenvalue weighted by Crippen LogP contribution is -2.46. The Hall–Kier alpha value is -2.18. The molecule has 23 heavy (non-hydrogen) atoms. The van der Waals surface area contributed by atoms with Crippen molar-refractivity contribution in [3.63, 3.8) is 0 Å². The van der Waals surface area contributed by atoms with Gasteiger partial charge in [-0.15, -0.1) is 11.3 Å². The Labute approximate surface area is 139 Å². The fourth-order valence-electron chi connectivity index (χ4n) is 2.77. The summed E-state index contributed by atoms with van der Waals surface area (Å²) in [6.45, 7) is 4.94. The van der Waals surface area contributed by atoms with Crippen LogP contribution in [0.4, 0.5) is 5.95 Å². The molecule has 5 nitrogen and oxygen atoms in total. The maximum atomic E-state index is 5.40. The number of hydrogen-bond donors (Lipinski definition) is 0. The zero-order valence-electron chi connectivity index (χ0n) is 12.8. The molecule has 118 valence electrons. The number of piperazine rings is 1. The lowest BCUT2D eigenvalue weighted by Gasteiger charge is -2.33. The summed E-state index contributed by atoms with van der Waals surface area (Å²) in [4.78, 5) is 10.6. The summed E-state index contributed by atoms with van der Waals surface area (Å²) in [5, 5.41) is 6.28. The van der Waals surface area contributed by atoms with Gasteiger partial charge in [0.05, 0.1) is 0 Å². The molecule has 1 saturated heterocycles. The SMILES string of the molecule is c1ccc(-c2nc(N3CCN(Cc4cccs4)CC3)no2)cc1. The minimum Gasteiger partial charge on any atom is -0.336 e. The summed E-state index contributed by atoms with van der Waals surface area (Å²) in [6.07, 6.45) is 0. The van der Waals surface area contributed by atoms with Crippen molar-refractivity contribution in [2.45, 2.75) is 6.54 Å². The first-order valence-electron chi connectivity index (χ1n) is 7.77.